The number of nitrogens with one attached hydrogen (secondary N) is 2. The van der Waals surface area contributed by atoms with Gasteiger partial charge in [0.05, 0.1) is 0 Å². The van der Waals surface area contributed by atoms with E-state index in [4.69, 9.17) is 12.2 Å². The molecular formula is C11H20N2S. The van der Waals surface area contributed by atoms with Crippen LogP contribution in [0.3, 0.4) is 0 Å². The zero-order chi connectivity index (χ0) is 9.80. The Balaban J connectivity index is 1.50. The van der Waals surface area contributed by atoms with Gasteiger partial charge in [0.25, 0.3) is 0 Å². The van der Waals surface area contributed by atoms with Crippen LogP contribution in [0.2, 0.25) is 0 Å². The molecule has 2 fully saturated rings. The Morgan fingerprint density at radius 2 is 1.86 bits per heavy atom. The van der Waals surface area contributed by atoms with Gasteiger partial charge in [0.15, 0.2) is 5.11 Å². The van der Waals surface area contributed by atoms with Crippen molar-refractivity contribution >= 4 is 17.3 Å². The molecule has 2 N–H and O–H groups in total. The lowest BCUT2D eigenvalue weighted by atomic mass is 10.0. The lowest BCUT2D eigenvalue weighted by Crippen LogP contribution is -2.37. The monoisotopic (exact) mass is 212 g/mol. The van der Waals surface area contributed by atoms with Gasteiger partial charge in [0, 0.05) is 12.6 Å². The molecule has 0 saturated heterocycles. The lowest BCUT2D eigenvalue weighted by molar-refractivity contribution is 0.499. The number of hydrogen-bond donors (Lipinski definition) is 2. The molecule has 80 valence electrons. The fourth-order valence-electron chi connectivity index (χ4n) is 2.15. The van der Waals surface area contributed by atoms with Gasteiger partial charge in [-0.15, -0.1) is 0 Å². The topological polar surface area (TPSA) is 24.1 Å². The van der Waals surface area contributed by atoms with E-state index >= 15 is 0 Å². The highest BCUT2D eigenvalue weighted by Gasteiger charge is 2.21. The van der Waals surface area contributed by atoms with Gasteiger partial charge in [-0.2, -0.15) is 0 Å². The molecule has 2 saturated carbocycles. The Morgan fingerprint density at radius 3 is 2.50 bits per heavy atom. The van der Waals surface area contributed by atoms with Crippen molar-refractivity contribution in [3.8, 4) is 0 Å². The fraction of sp³-hybridized carbons (Fsp3) is 0.909. The highest BCUT2D eigenvalue weighted by Crippen LogP contribution is 2.26. The van der Waals surface area contributed by atoms with Crippen LogP contribution in [-0.4, -0.2) is 17.7 Å². The molecule has 2 aliphatic rings. The highest BCUT2D eigenvalue weighted by molar-refractivity contribution is 7.80. The Bertz CT molecular complexity index is 195. The van der Waals surface area contributed by atoms with Crippen LogP contribution < -0.4 is 10.6 Å². The second-order valence-electron chi connectivity index (χ2n) is 4.61. The molecule has 0 aromatic heterocycles. The minimum Gasteiger partial charge on any atom is -0.363 e. The molecule has 0 aromatic rings. The quantitative estimate of drug-likeness (QED) is 0.699. The van der Waals surface area contributed by atoms with Gasteiger partial charge in [-0.05, 0) is 37.4 Å². The predicted molar refractivity (Wildman–Crippen MR) is 63.3 cm³/mol. The Hall–Kier alpha value is -0.310. The van der Waals surface area contributed by atoms with Crippen molar-refractivity contribution in [1.82, 2.24) is 10.6 Å². The van der Waals surface area contributed by atoms with Crippen LogP contribution in [0.5, 0.6) is 0 Å². The largest absolute Gasteiger partial charge is 0.363 e. The molecule has 0 unspecified atom stereocenters. The molecule has 14 heavy (non-hydrogen) atoms. The average Bonchev–Trinajstić information content (AvgIpc) is 2.82. The third-order valence-electron chi connectivity index (χ3n) is 3.23. The fourth-order valence-corrected chi connectivity index (χ4v) is 2.42. The first-order valence-corrected chi connectivity index (χ1v) is 6.30. The maximum atomic E-state index is 5.19. The zero-order valence-corrected chi connectivity index (χ0v) is 9.54. The van der Waals surface area contributed by atoms with Crippen LogP contribution in [0.4, 0.5) is 0 Å². The SMILES string of the molecule is S=C(NCCC1CCCC1)NC1CC1. The molecule has 0 amide bonds. The van der Waals surface area contributed by atoms with Gasteiger partial charge >= 0.3 is 0 Å². The van der Waals surface area contributed by atoms with Crippen molar-refractivity contribution in [2.45, 2.75) is 51.0 Å². The van der Waals surface area contributed by atoms with Crippen molar-refractivity contribution in [3.05, 3.63) is 0 Å². The van der Waals surface area contributed by atoms with E-state index in [1.54, 1.807) is 0 Å². The predicted octanol–water partition coefficient (Wildman–Crippen LogP) is 2.19. The molecule has 0 aromatic carbocycles. The van der Waals surface area contributed by atoms with Crippen LogP contribution in [0, 0.1) is 5.92 Å². The molecule has 0 spiro atoms. The van der Waals surface area contributed by atoms with Crippen molar-refractivity contribution in [2.24, 2.45) is 5.92 Å². The summed E-state index contributed by atoms with van der Waals surface area (Å²) in [6.45, 7) is 1.06. The molecule has 0 radical (unpaired) electrons. The molecule has 2 rings (SSSR count). The second-order valence-corrected chi connectivity index (χ2v) is 5.02. The summed E-state index contributed by atoms with van der Waals surface area (Å²) in [4.78, 5) is 0. The third-order valence-corrected chi connectivity index (χ3v) is 3.49. The Labute approximate surface area is 91.8 Å². The first kappa shape index (κ1) is 10.2. The average molecular weight is 212 g/mol. The standard InChI is InChI=1S/C11H20N2S/c14-11(13-10-5-6-10)12-8-7-9-3-1-2-4-9/h9-10H,1-8H2,(H2,12,13,14). The van der Waals surface area contributed by atoms with Gasteiger partial charge in [-0.1, -0.05) is 25.7 Å². The molecule has 0 aliphatic heterocycles. The first-order valence-electron chi connectivity index (χ1n) is 5.89. The van der Waals surface area contributed by atoms with Crippen LogP contribution in [0.1, 0.15) is 44.9 Å². The molecule has 0 atom stereocenters. The molecule has 3 heteroatoms. The van der Waals surface area contributed by atoms with Crippen LogP contribution in [0.15, 0.2) is 0 Å². The first-order chi connectivity index (χ1) is 6.84. The molecular weight excluding hydrogens is 192 g/mol. The van der Waals surface area contributed by atoms with Crippen molar-refractivity contribution < 1.29 is 0 Å². The van der Waals surface area contributed by atoms with Gasteiger partial charge in [0.1, 0.15) is 0 Å². The molecule has 2 nitrogen and oxygen atoms in total. The minimum absolute atomic E-state index is 0.682. The highest BCUT2D eigenvalue weighted by atomic mass is 32.1. The number of thiocarbonyl (C=S) groups is 1. The normalized spacial score (nSPS) is 22.3. The molecule has 0 heterocycles. The maximum Gasteiger partial charge on any atom is 0.166 e. The Morgan fingerprint density at radius 1 is 1.14 bits per heavy atom. The molecule has 0 bridgehead atoms. The van der Waals surface area contributed by atoms with Crippen molar-refractivity contribution in [3.63, 3.8) is 0 Å². The summed E-state index contributed by atoms with van der Waals surface area (Å²) < 4.78 is 0. The summed E-state index contributed by atoms with van der Waals surface area (Å²) in [6.07, 6.45) is 9.64. The molecule has 2 aliphatic carbocycles. The van der Waals surface area contributed by atoms with E-state index < -0.39 is 0 Å². The maximum absolute atomic E-state index is 5.19. The summed E-state index contributed by atoms with van der Waals surface area (Å²) >= 11 is 5.19. The second kappa shape index (κ2) is 4.96. The Kier molecular flexibility index (Phi) is 3.62. The van der Waals surface area contributed by atoms with Crippen molar-refractivity contribution in [1.29, 1.82) is 0 Å². The van der Waals surface area contributed by atoms with E-state index in [9.17, 15) is 0 Å². The lowest BCUT2D eigenvalue weighted by Gasteiger charge is -2.12. The summed E-state index contributed by atoms with van der Waals surface area (Å²) in [5.74, 6) is 0.964. The van der Waals surface area contributed by atoms with E-state index in [1.165, 1.54) is 44.9 Å². The summed E-state index contributed by atoms with van der Waals surface area (Å²) in [5.41, 5.74) is 0. The number of rotatable bonds is 4. The van der Waals surface area contributed by atoms with E-state index in [0.29, 0.717) is 6.04 Å². The van der Waals surface area contributed by atoms with E-state index in [-0.39, 0.29) is 0 Å². The van der Waals surface area contributed by atoms with Gasteiger partial charge < -0.3 is 10.6 Å². The summed E-state index contributed by atoms with van der Waals surface area (Å²) in [5, 5.41) is 7.47. The summed E-state index contributed by atoms with van der Waals surface area (Å²) in [6, 6.07) is 0.682. The van der Waals surface area contributed by atoms with E-state index in [0.717, 1.165) is 17.6 Å². The smallest absolute Gasteiger partial charge is 0.166 e. The van der Waals surface area contributed by atoms with Gasteiger partial charge in [-0.25, -0.2) is 0 Å². The van der Waals surface area contributed by atoms with E-state index in [1.807, 2.05) is 0 Å². The van der Waals surface area contributed by atoms with Gasteiger partial charge in [0.2, 0.25) is 0 Å². The van der Waals surface area contributed by atoms with E-state index in [2.05, 4.69) is 10.6 Å². The van der Waals surface area contributed by atoms with Crippen LogP contribution in [-0.2, 0) is 0 Å². The summed E-state index contributed by atoms with van der Waals surface area (Å²) in [7, 11) is 0. The minimum atomic E-state index is 0.682. The number of hydrogen-bond acceptors (Lipinski definition) is 1. The van der Waals surface area contributed by atoms with Crippen LogP contribution in [0.25, 0.3) is 0 Å². The van der Waals surface area contributed by atoms with Crippen LogP contribution >= 0.6 is 12.2 Å². The van der Waals surface area contributed by atoms with Crippen molar-refractivity contribution in [2.75, 3.05) is 6.54 Å². The van der Waals surface area contributed by atoms with Gasteiger partial charge in [-0.3, -0.25) is 0 Å². The third kappa shape index (κ3) is 3.45. The zero-order valence-electron chi connectivity index (χ0n) is 8.72.